The number of halogens is 1. The van der Waals surface area contributed by atoms with E-state index in [1.54, 1.807) is 0 Å². The minimum absolute atomic E-state index is 0.581. The van der Waals surface area contributed by atoms with Crippen molar-refractivity contribution in [3.63, 3.8) is 0 Å². The average molecular weight is 318 g/mol. The molecule has 0 N–H and O–H groups in total. The SMILES string of the molecule is Brc1ccc2nnc(CCOc3ccccc3)n2c1. The average Bonchev–Trinajstić information content (AvgIpc) is 2.83. The highest BCUT2D eigenvalue weighted by molar-refractivity contribution is 9.10. The Morgan fingerprint density at radius 3 is 2.74 bits per heavy atom. The number of para-hydroxylation sites is 1. The minimum atomic E-state index is 0.581. The molecule has 0 bridgehead atoms. The van der Waals surface area contributed by atoms with Crippen LogP contribution in [0.5, 0.6) is 5.75 Å². The van der Waals surface area contributed by atoms with Gasteiger partial charge in [0.1, 0.15) is 11.6 Å². The number of hydrogen-bond acceptors (Lipinski definition) is 3. The Kier molecular flexibility index (Phi) is 3.46. The summed E-state index contributed by atoms with van der Waals surface area (Å²) in [6.07, 6.45) is 2.68. The molecule has 0 saturated carbocycles. The third-order valence-electron chi connectivity index (χ3n) is 2.77. The number of ether oxygens (including phenoxy) is 1. The van der Waals surface area contributed by atoms with Crippen LogP contribution in [-0.4, -0.2) is 21.2 Å². The fourth-order valence-corrected chi connectivity index (χ4v) is 2.20. The van der Waals surface area contributed by atoms with Crippen LogP contribution in [0.1, 0.15) is 5.82 Å². The number of aromatic nitrogens is 3. The predicted molar refractivity (Wildman–Crippen MR) is 76.3 cm³/mol. The Bertz CT molecular complexity index is 681. The van der Waals surface area contributed by atoms with Gasteiger partial charge in [-0.3, -0.25) is 4.40 Å². The molecule has 3 rings (SSSR count). The molecule has 0 spiro atoms. The van der Waals surface area contributed by atoms with E-state index >= 15 is 0 Å². The van der Waals surface area contributed by atoms with Crippen LogP contribution in [0.25, 0.3) is 5.65 Å². The van der Waals surface area contributed by atoms with Crippen LogP contribution in [0.3, 0.4) is 0 Å². The summed E-state index contributed by atoms with van der Waals surface area (Å²) >= 11 is 3.45. The van der Waals surface area contributed by atoms with Gasteiger partial charge in [0.15, 0.2) is 5.65 Å². The van der Waals surface area contributed by atoms with E-state index in [0.717, 1.165) is 21.7 Å². The molecule has 0 unspecified atom stereocenters. The largest absolute Gasteiger partial charge is 0.493 e. The van der Waals surface area contributed by atoms with Crippen molar-refractivity contribution < 1.29 is 4.74 Å². The molecule has 96 valence electrons. The smallest absolute Gasteiger partial charge is 0.160 e. The summed E-state index contributed by atoms with van der Waals surface area (Å²) in [4.78, 5) is 0. The molecule has 2 heterocycles. The maximum atomic E-state index is 5.67. The fourth-order valence-electron chi connectivity index (χ4n) is 1.86. The fraction of sp³-hybridized carbons (Fsp3) is 0.143. The van der Waals surface area contributed by atoms with Gasteiger partial charge in [-0.25, -0.2) is 0 Å². The van der Waals surface area contributed by atoms with Gasteiger partial charge in [0.25, 0.3) is 0 Å². The van der Waals surface area contributed by atoms with Crippen molar-refractivity contribution in [2.45, 2.75) is 6.42 Å². The molecule has 19 heavy (non-hydrogen) atoms. The molecule has 0 aliphatic rings. The van der Waals surface area contributed by atoms with Crippen LogP contribution in [0.4, 0.5) is 0 Å². The predicted octanol–water partition coefficient (Wildman–Crippen LogP) is 3.11. The molecule has 0 fully saturated rings. The van der Waals surface area contributed by atoms with Gasteiger partial charge >= 0.3 is 0 Å². The van der Waals surface area contributed by atoms with Crippen LogP contribution in [0, 0.1) is 0 Å². The normalized spacial score (nSPS) is 10.8. The van der Waals surface area contributed by atoms with E-state index in [9.17, 15) is 0 Å². The molecule has 2 aromatic heterocycles. The second-order valence-electron chi connectivity index (χ2n) is 4.10. The Morgan fingerprint density at radius 2 is 1.89 bits per heavy atom. The standard InChI is InChI=1S/C14H12BrN3O/c15-11-6-7-13-16-17-14(18(13)10-11)8-9-19-12-4-2-1-3-5-12/h1-7,10H,8-9H2. The maximum Gasteiger partial charge on any atom is 0.160 e. The maximum absolute atomic E-state index is 5.67. The molecule has 0 aliphatic heterocycles. The van der Waals surface area contributed by atoms with Crippen LogP contribution in [-0.2, 0) is 6.42 Å². The second kappa shape index (κ2) is 5.40. The molecule has 0 atom stereocenters. The summed E-state index contributed by atoms with van der Waals surface area (Å²) in [5.41, 5.74) is 0.845. The van der Waals surface area contributed by atoms with E-state index in [0.29, 0.717) is 13.0 Å². The van der Waals surface area contributed by atoms with Crippen LogP contribution in [0.2, 0.25) is 0 Å². The van der Waals surface area contributed by atoms with Crippen molar-refractivity contribution in [1.29, 1.82) is 0 Å². The monoisotopic (exact) mass is 317 g/mol. The lowest BCUT2D eigenvalue weighted by Crippen LogP contribution is -2.04. The topological polar surface area (TPSA) is 39.4 Å². The molecule has 5 heteroatoms. The first-order valence-electron chi connectivity index (χ1n) is 6.00. The quantitative estimate of drug-likeness (QED) is 0.742. The first-order valence-corrected chi connectivity index (χ1v) is 6.79. The van der Waals surface area contributed by atoms with Crippen molar-refractivity contribution in [1.82, 2.24) is 14.6 Å². The highest BCUT2D eigenvalue weighted by atomic mass is 79.9. The second-order valence-corrected chi connectivity index (χ2v) is 5.02. The van der Waals surface area contributed by atoms with Gasteiger partial charge < -0.3 is 4.74 Å². The van der Waals surface area contributed by atoms with Gasteiger partial charge in [-0.1, -0.05) is 18.2 Å². The molecule has 0 aliphatic carbocycles. The van der Waals surface area contributed by atoms with Crippen LogP contribution >= 0.6 is 15.9 Å². The summed E-state index contributed by atoms with van der Waals surface area (Å²) in [6.45, 7) is 0.581. The zero-order valence-electron chi connectivity index (χ0n) is 10.2. The zero-order chi connectivity index (χ0) is 13.1. The number of fused-ring (bicyclic) bond motifs is 1. The third kappa shape index (κ3) is 2.76. The van der Waals surface area contributed by atoms with E-state index < -0.39 is 0 Å². The Labute approximate surface area is 119 Å². The minimum Gasteiger partial charge on any atom is -0.493 e. The summed E-state index contributed by atoms with van der Waals surface area (Å²) < 4.78 is 8.64. The molecule has 3 aromatic rings. The van der Waals surface area contributed by atoms with Gasteiger partial charge in [0, 0.05) is 17.1 Å². The number of hydrogen-bond donors (Lipinski definition) is 0. The lowest BCUT2D eigenvalue weighted by Gasteiger charge is -2.05. The highest BCUT2D eigenvalue weighted by Crippen LogP contribution is 2.13. The highest BCUT2D eigenvalue weighted by Gasteiger charge is 2.05. The first-order chi connectivity index (χ1) is 9.33. The number of pyridine rings is 1. The summed E-state index contributed by atoms with van der Waals surface area (Å²) in [7, 11) is 0. The van der Waals surface area contributed by atoms with Gasteiger partial charge in [-0.15, -0.1) is 10.2 Å². The lowest BCUT2D eigenvalue weighted by molar-refractivity contribution is 0.318. The Morgan fingerprint density at radius 1 is 1.05 bits per heavy atom. The molecule has 0 saturated heterocycles. The third-order valence-corrected chi connectivity index (χ3v) is 3.24. The Balaban J connectivity index is 1.70. The molecule has 4 nitrogen and oxygen atoms in total. The van der Waals surface area contributed by atoms with Crippen LogP contribution < -0.4 is 4.74 Å². The molecular formula is C14H12BrN3O. The van der Waals surface area contributed by atoms with E-state index in [1.165, 1.54) is 0 Å². The van der Waals surface area contributed by atoms with Gasteiger partial charge in [-0.05, 0) is 40.2 Å². The van der Waals surface area contributed by atoms with Gasteiger partial charge in [0.05, 0.1) is 6.61 Å². The number of rotatable bonds is 4. The van der Waals surface area contributed by atoms with Gasteiger partial charge in [-0.2, -0.15) is 0 Å². The first kappa shape index (κ1) is 12.2. The Hall–Kier alpha value is -1.88. The van der Waals surface area contributed by atoms with E-state index in [1.807, 2.05) is 53.1 Å². The van der Waals surface area contributed by atoms with Gasteiger partial charge in [0.2, 0.25) is 0 Å². The van der Waals surface area contributed by atoms with Crippen molar-refractivity contribution in [3.05, 3.63) is 59.0 Å². The summed E-state index contributed by atoms with van der Waals surface area (Å²) in [5, 5.41) is 8.30. The molecular weight excluding hydrogens is 306 g/mol. The molecule has 1 aromatic carbocycles. The summed E-state index contributed by atoms with van der Waals surface area (Å²) in [5.74, 6) is 1.77. The van der Waals surface area contributed by atoms with Crippen molar-refractivity contribution >= 4 is 21.6 Å². The number of benzene rings is 1. The molecule has 0 radical (unpaired) electrons. The van der Waals surface area contributed by atoms with E-state index in [2.05, 4.69) is 26.1 Å². The molecule has 0 amide bonds. The van der Waals surface area contributed by atoms with E-state index in [4.69, 9.17) is 4.74 Å². The van der Waals surface area contributed by atoms with E-state index in [-0.39, 0.29) is 0 Å². The van der Waals surface area contributed by atoms with Crippen molar-refractivity contribution in [3.8, 4) is 5.75 Å². The lowest BCUT2D eigenvalue weighted by atomic mass is 10.3. The van der Waals surface area contributed by atoms with Crippen molar-refractivity contribution in [2.75, 3.05) is 6.61 Å². The summed E-state index contributed by atoms with van der Waals surface area (Å²) in [6, 6.07) is 13.7. The number of nitrogens with zero attached hydrogens (tertiary/aromatic N) is 3. The van der Waals surface area contributed by atoms with Crippen molar-refractivity contribution in [2.24, 2.45) is 0 Å². The van der Waals surface area contributed by atoms with Crippen LogP contribution in [0.15, 0.2) is 53.1 Å². The zero-order valence-corrected chi connectivity index (χ0v) is 11.7.